The van der Waals surface area contributed by atoms with Crippen LogP contribution in [-0.2, 0) is 17.0 Å². The van der Waals surface area contributed by atoms with Gasteiger partial charge >= 0.3 is 10.4 Å². The van der Waals surface area contributed by atoms with E-state index in [9.17, 15) is 12.3 Å². The maximum absolute atomic E-state index is 12.9. The molecular formula is C13H16FN3O2S. The van der Waals surface area contributed by atoms with E-state index in [1.54, 1.807) is 11.6 Å². The average molecular weight is 297 g/mol. The van der Waals surface area contributed by atoms with Crippen molar-refractivity contribution in [3.05, 3.63) is 47.3 Å². The predicted molar refractivity (Wildman–Crippen MR) is 74.5 cm³/mol. The van der Waals surface area contributed by atoms with Crippen molar-refractivity contribution < 1.29 is 12.3 Å². The number of nitrogens with zero attached hydrogens (tertiary/aromatic N) is 3. The molecule has 0 spiro atoms. The van der Waals surface area contributed by atoms with Gasteiger partial charge in [0.25, 0.3) is 0 Å². The fourth-order valence-corrected chi connectivity index (χ4v) is 2.31. The number of aromatic nitrogens is 2. The van der Waals surface area contributed by atoms with Crippen molar-refractivity contribution in [3.8, 4) is 5.69 Å². The van der Waals surface area contributed by atoms with Crippen LogP contribution in [0.25, 0.3) is 5.69 Å². The third-order valence-electron chi connectivity index (χ3n) is 3.19. The van der Waals surface area contributed by atoms with Crippen LogP contribution in [0, 0.1) is 13.8 Å². The lowest BCUT2D eigenvalue weighted by atomic mass is 10.2. The Balaban J connectivity index is 2.40. The van der Waals surface area contributed by atoms with Crippen molar-refractivity contribution in [2.24, 2.45) is 0 Å². The Morgan fingerprint density at radius 3 is 2.40 bits per heavy atom. The standard InChI is InChI=1S/C13H16FN3O2S/c1-10-13(9-16(3)20(14,18)19)11(2)17(15-10)12-7-5-4-6-8-12/h4-8H,9H2,1-3H3. The second-order valence-electron chi connectivity index (χ2n) is 4.59. The summed E-state index contributed by atoms with van der Waals surface area (Å²) in [7, 11) is -3.49. The first-order chi connectivity index (χ1) is 9.30. The van der Waals surface area contributed by atoms with Crippen molar-refractivity contribution in [1.82, 2.24) is 14.1 Å². The lowest BCUT2D eigenvalue weighted by Gasteiger charge is -2.11. The minimum absolute atomic E-state index is 0.0384. The molecule has 0 radical (unpaired) electrons. The van der Waals surface area contributed by atoms with Gasteiger partial charge in [-0.2, -0.15) is 17.8 Å². The summed E-state index contributed by atoms with van der Waals surface area (Å²) in [6.07, 6.45) is 0. The lowest BCUT2D eigenvalue weighted by Crippen LogP contribution is -2.22. The number of para-hydroxylation sites is 1. The van der Waals surface area contributed by atoms with E-state index in [-0.39, 0.29) is 6.54 Å². The highest BCUT2D eigenvalue weighted by Crippen LogP contribution is 2.20. The Morgan fingerprint density at radius 2 is 1.85 bits per heavy atom. The lowest BCUT2D eigenvalue weighted by molar-refractivity contribution is 0.428. The third kappa shape index (κ3) is 2.88. The van der Waals surface area contributed by atoms with Crippen LogP contribution < -0.4 is 0 Å². The number of hydrogen-bond donors (Lipinski definition) is 0. The molecule has 0 aliphatic rings. The summed E-state index contributed by atoms with van der Waals surface area (Å²) >= 11 is 0. The van der Waals surface area contributed by atoms with Crippen LogP contribution in [0.4, 0.5) is 3.89 Å². The Bertz CT molecular complexity index is 711. The second kappa shape index (κ2) is 5.34. The summed E-state index contributed by atoms with van der Waals surface area (Å²) in [5.41, 5.74) is 3.06. The molecule has 1 heterocycles. The van der Waals surface area contributed by atoms with Crippen LogP contribution >= 0.6 is 0 Å². The highest BCUT2D eigenvalue weighted by atomic mass is 32.3. The van der Waals surface area contributed by atoms with Gasteiger partial charge in [-0.1, -0.05) is 22.1 Å². The van der Waals surface area contributed by atoms with Crippen molar-refractivity contribution in [3.63, 3.8) is 0 Å². The number of benzene rings is 1. The molecule has 1 aromatic heterocycles. The van der Waals surface area contributed by atoms with Crippen LogP contribution in [0.5, 0.6) is 0 Å². The van der Waals surface area contributed by atoms with E-state index in [2.05, 4.69) is 5.10 Å². The molecule has 0 fully saturated rings. The number of hydrogen-bond acceptors (Lipinski definition) is 3. The van der Waals surface area contributed by atoms with Crippen LogP contribution in [0.3, 0.4) is 0 Å². The van der Waals surface area contributed by atoms with E-state index in [0.717, 1.165) is 11.4 Å². The first-order valence-corrected chi connectivity index (χ1v) is 7.41. The van der Waals surface area contributed by atoms with E-state index in [1.807, 2.05) is 37.3 Å². The molecule has 0 unspecified atom stereocenters. The van der Waals surface area contributed by atoms with Crippen LogP contribution in [0.15, 0.2) is 30.3 Å². The fourth-order valence-electron chi connectivity index (χ4n) is 2.02. The largest absolute Gasteiger partial charge is 0.374 e. The first kappa shape index (κ1) is 14.7. The zero-order valence-electron chi connectivity index (χ0n) is 11.5. The summed E-state index contributed by atoms with van der Waals surface area (Å²) in [6, 6.07) is 9.49. The maximum Gasteiger partial charge on any atom is 0.374 e. The summed E-state index contributed by atoms with van der Waals surface area (Å²) in [4.78, 5) is 0. The molecule has 2 rings (SSSR count). The summed E-state index contributed by atoms with van der Waals surface area (Å²) in [6.45, 7) is 3.57. The van der Waals surface area contributed by atoms with Gasteiger partial charge in [0, 0.05) is 24.8 Å². The number of rotatable bonds is 4. The van der Waals surface area contributed by atoms with Crippen LogP contribution in [0.1, 0.15) is 17.0 Å². The van der Waals surface area contributed by atoms with Gasteiger partial charge < -0.3 is 0 Å². The Kier molecular flexibility index (Phi) is 3.92. The van der Waals surface area contributed by atoms with E-state index in [1.165, 1.54) is 7.05 Å². The van der Waals surface area contributed by atoms with Crippen molar-refractivity contribution in [1.29, 1.82) is 0 Å². The molecule has 0 saturated carbocycles. The highest BCUT2D eigenvalue weighted by Gasteiger charge is 2.21. The van der Waals surface area contributed by atoms with Gasteiger partial charge in [0.2, 0.25) is 0 Å². The summed E-state index contributed by atoms with van der Waals surface area (Å²) in [5.74, 6) is 0. The monoisotopic (exact) mass is 297 g/mol. The van der Waals surface area contributed by atoms with E-state index in [4.69, 9.17) is 0 Å². The minimum atomic E-state index is -4.69. The van der Waals surface area contributed by atoms with Gasteiger partial charge in [0.15, 0.2) is 0 Å². The highest BCUT2D eigenvalue weighted by molar-refractivity contribution is 7.83. The van der Waals surface area contributed by atoms with Crippen molar-refractivity contribution in [2.45, 2.75) is 20.4 Å². The van der Waals surface area contributed by atoms with Crippen molar-refractivity contribution >= 4 is 10.4 Å². The Morgan fingerprint density at radius 1 is 1.25 bits per heavy atom. The first-order valence-electron chi connectivity index (χ1n) is 6.07. The van der Waals surface area contributed by atoms with Crippen LogP contribution in [0.2, 0.25) is 0 Å². The summed E-state index contributed by atoms with van der Waals surface area (Å²) < 4.78 is 37.1. The molecule has 0 amide bonds. The molecule has 108 valence electrons. The number of aryl methyl sites for hydroxylation is 1. The van der Waals surface area contributed by atoms with Gasteiger partial charge in [-0.25, -0.2) is 4.68 Å². The molecule has 0 bridgehead atoms. The van der Waals surface area contributed by atoms with Gasteiger partial charge in [0.1, 0.15) is 0 Å². The third-order valence-corrected chi connectivity index (χ3v) is 4.07. The second-order valence-corrected chi connectivity index (χ2v) is 6.04. The van der Waals surface area contributed by atoms with Crippen molar-refractivity contribution in [2.75, 3.05) is 7.05 Å². The van der Waals surface area contributed by atoms with Gasteiger partial charge in [-0.05, 0) is 26.0 Å². The van der Waals surface area contributed by atoms with Crippen LogP contribution in [-0.4, -0.2) is 29.6 Å². The zero-order valence-corrected chi connectivity index (χ0v) is 12.4. The molecule has 5 nitrogen and oxygen atoms in total. The summed E-state index contributed by atoms with van der Waals surface area (Å²) in [5, 5.41) is 4.39. The van der Waals surface area contributed by atoms with E-state index < -0.39 is 10.4 Å². The average Bonchev–Trinajstić information content (AvgIpc) is 2.66. The van der Waals surface area contributed by atoms with E-state index in [0.29, 0.717) is 15.6 Å². The molecule has 7 heteroatoms. The normalized spacial score (nSPS) is 12.1. The predicted octanol–water partition coefficient (Wildman–Crippen LogP) is 2.14. The van der Waals surface area contributed by atoms with Gasteiger partial charge in [-0.3, -0.25) is 0 Å². The molecule has 0 atom stereocenters. The Labute approximate surface area is 118 Å². The maximum atomic E-state index is 12.9. The SMILES string of the molecule is Cc1nn(-c2ccccc2)c(C)c1CN(C)S(=O)(=O)F. The molecule has 1 aromatic carbocycles. The smallest absolute Gasteiger partial charge is 0.238 e. The molecule has 0 N–H and O–H groups in total. The zero-order chi connectivity index (χ0) is 14.9. The fraction of sp³-hybridized carbons (Fsp3) is 0.308. The van der Waals surface area contributed by atoms with E-state index >= 15 is 0 Å². The molecule has 0 aliphatic carbocycles. The van der Waals surface area contributed by atoms with Gasteiger partial charge in [-0.15, -0.1) is 0 Å². The molecule has 0 saturated heterocycles. The topological polar surface area (TPSA) is 55.2 Å². The molecular weight excluding hydrogens is 281 g/mol. The van der Waals surface area contributed by atoms with Gasteiger partial charge in [0.05, 0.1) is 11.4 Å². The quantitative estimate of drug-likeness (QED) is 0.812. The molecule has 2 aromatic rings. The number of halogens is 1. The Hall–Kier alpha value is -1.73. The minimum Gasteiger partial charge on any atom is -0.238 e. The molecule has 0 aliphatic heterocycles. The molecule has 20 heavy (non-hydrogen) atoms.